The Morgan fingerprint density at radius 2 is 2.10 bits per heavy atom. The number of nitrogens with two attached hydrogens (primary N) is 1. The molecule has 2 N–H and O–H groups in total. The van der Waals surface area contributed by atoms with Crippen LogP contribution in [0.25, 0.3) is 0 Å². The van der Waals surface area contributed by atoms with E-state index in [1.165, 1.54) is 0 Å². The molecule has 0 aromatic heterocycles. The highest BCUT2D eigenvalue weighted by molar-refractivity contribution is 5.76. The summed E-state index contributed by atoms with van der Waals surface area (Å²) in [4.78, 5) is 13.9. The third-order valence-electron chi connectivity index (χ3n) is 3.96. The van der Waals surface area contributed by atoms with Crippen LogP contribution in [0.15, 0.2) is 18.2 Å². The fourth-order valence-corrected chi connectivity index (χ4v) is 2.47. The van der Waals surface area contributed by atoms with Crippen molar-refractivity contribution >= 4 is 5.91 Å². The molecule has 1 amide bonds. The normalized spacial score (nSPS) is 15.4. The molecule has 0 spiro atoms. The van der Waals surface area contributed by atoms with Gasteiger partial charge in [0.1, 0.15) is 0 Å². The predicted molar refractivity (Wildman–Crippen MR) is 81.3 cm³/mol. The summed E-state index contributed by atoms with van der Waals surface area (Å²) in [6, 6.07) is 5.66. The van der Waals surface area contributed by atoms with Gasteiger partial charge in [0.05, 0.1) is 14.2 Å². The molecule has 1 aliphatic rings. The highest BCUT2D eigenvalue weighted by Gasteiger charge is 2.30. The van der Waals surface area contributed by atoms with Crippen LogP contribution in [0.1, 0.15) is 24.8 Å². The molecule has 0 heterocycles. The first-order valence-corrected chi connectivity index (χ1v) is 7.26. The monoisotopic (exact) mass is 292 g/mol. The summed E-state index contributed by atoms with van der Waals surface area (Å²) < 4.78 is 10.7. The van der Waals surface area contributed by atoms with Crippen molar-refractivity contribution in [2.24, 2.45) is 11.7 Å². The molecule has 0 aliphatic heterocycles. The molecule has 5 nitrogen and oxygen atoms in total. The van der Waals surface area contributed by atoms with E-state index in [9.17, 15) is 4.79 Å². The molecule has 1 saturated carbocycles. The average molecular weight is 292 g/mol. The number of para-hydroxylation sites is 1. The maximum Gasteiger partial charge on any atom is 0.224 e. The van der Waals surface area contributed by atoms with Crippen molar-refractivity contribution in [1.82, 2.24) is 4.90 Å². The van der Waals surface area contributed by atoms with Crippen molar-refractivity contribution in [3.05, 3.63) is 23.8 Å². The van der Waals surface area contributed by atoms with Gasteiger partial charge in [0, 0.05) is 31.6 Å². The van der Waals surface area contributed by atoms with E-state index in [2.05, 4.69) is 0 Å². The summed E-state index contributed by atoms with van der Waals surface area (Å²) in [5.41, 5.74) is 6.94. The molecule has 1 aliphatic carbocycles. The van der Waals surface area contributed by atoms with Crippen LogP contribution in [0.4, 0.5) is 0 Å². The standard InChI is InChI=1S/C16H24N2O3/c1-18(15(19)9-13(17)11-7-8-11)10-12-5-4-6-14(20-2)16(12)21-3/h4-6,11,13H,7-10,17H2,1-3H3. The Morgan fingerprint density at radius 1 is 1.38 bits per heavy atom. The average Bonchev–Trinajstić information content (AvgIpc) is 3.31. The van der Waals surface area contributed by atoms with Gasteiger partial charge >= 0.3 is 0 Å². The summed E-state index contributed by atoms with van der Waals surface area (Å²) in [7, 11) is 5.00. The van der Waals surface area contributed by atoms with Gasteiger partial charge in [-0.3, -0.25) is 4.79 Å². The third kappa shape index (κ3) is 3.88. The Bertz CT molecular complexity index is 500. The molecule has 1 aromatic carbocycles. The number of rotatable bonds is 7. The molecule has 1 aromatic rings. The zero-order chi connectivity index (χ0) is 15.4. The van der Waals surface area contributed by atoms with Crippen LogP contribution in [0, 0.1) is 5.92 Å². The largest absolute Gasteiger partial charge is 0.493 e. The van der Waals surface area contributed by atoms with Gasteiger partial charge in [-0.2, -0.15) is 0 Å². The minimum Gasteiger partial charge on any atom is -0.493 e. The second kappa shape index (κ2) is 6.80. The first kappa shape index (κ1) is 15.6. The maximum atomic E-state index is 12.2. The molecular formula is C16H24N2O3. The number of hydrogen-bond acceptors (Lipinski definition) is 4. The first-order chi connectivity index (χ1) is 10.1. The van der Waals surface area contributed by atoms with Crippen molar-refractivity contribution in [2.75, 3.05) is 21.3 Å². The number of amides is 1. The SMILES string of the molecule is COc1cccc(CN(C)C(=O)CC(N)C2CC2)c1OC. The summed E-state index contributed by atoms with van der Waals surface area (Å²) in [6.45, 7) is 0.483. The number of benzene rings is 1. The lowest BCUT2D eigenvalue weighted by molar-refractivity contribution is -0.130. The molecule has 0 radical (unpaired) electrons. The lowest BCUT2D eigenvalue weighted by atomic mass is 10.1. The van der Waals surface area contributed by atoms with E-state index in [0.29, 0.717) is 30.4 Å². The molecule has 0 saturated heterocycles. The van der Waals surface area contributed by atoms with Crippen molar-refractivity contribution in [3.8, 4) is 11.5 Å². The third-order valence-corrected chi connectivity index (χ3v) is 3.96. The predicted octanol–water partition coefficient (Wildman–Crippen LogP) is 1.79. The number of carbonyl (C=O) groups is 1. The van der Waals surface area contributed by atoms with Crippen molar-refractivity contribution in [3.63, 3.8) is 0 Å². The highest BCUT2D eigenvalue weighted by Crippen LogP contribution is 2.33. The minimum absolute atomic E-state index is 0.00726. The van der Waals surface area contributed by atoms with E-state index in [0.717, 1.165) is 18.4 Å². The molecule has 1 fully saturated rings. The minimum atomic E-state index is -0.00726. The van der Waals surface area contributed by atoms with E-state index in [1.807, 2.05) is 18.2 Å². The van der Waals surface area contributed by atoms with Crippen LogP contribution in [-0.2, 0) is 11.3 Å². The van der Waals surface area contributed by atoms with Crippen LogP contribution < -0.4 is 15.2 Å². The number of ether oxygens (including phenoxy) is 2. The Hall–Kier alpha value is -1.75. The van der Waals surface area contributed by atoms with E-state index >= 15 is 0 Å². The van der Waals surface area contributed by atoms with Crippen LogP contribution in [-0.4, -0.2) is 38.1 Å². The topological polar surface area (TPSA) is 64.8 Å². The molecule has 5 heteroatoms. The smallest absolute Gasteiger partial charge is 0.224 e. The molecule has 2 rings (SSSR count). The van der Waals surface area contributed by atoms with E-state index in [-0.39, 0.29) is 11.9 Å². The molecule has 116 valence electrons. The highest BCUT2D eigenvalue weighted by atomic mass is 16.5. The van der Waals surface area contributed by atoms with Crippen LogP contribution in [0.5, 0.6) is 11.5 Å². The quantitative estimate of drug-likeness (QED) is 0.832. The summed E-state index contributed by atoms with van der Waals surface area (Å²) in [5, 5.41) is 0. The number of methoxy groups -OCH3 is 2. The van der Waals surface area contributed by atoms with E-state index in [4.69, 9.17) is 15.2 Å². The Morgan fingerprint density at radius 3 is 2.67 bits per heavy atom. The lowest BCUT2D eigenvalue weighted by Gasteiger charge is -2.21. The second-order valence-corrected chi connectivity index (χ2v) is 5.61. The molecule has 1 atom stereocenters. The van der Waals surface area contributed by atoms with Gasteiger partial charge in [-0.05, 0) is 24.8 Å². The molecule has 0 bridgehead atoms. The zero-order valence-electron chi connectivity index (χ0n) is 13.0. The van der Waals surface area contributed by atoms with Gasteiger partial charge in [-0.15, -0.1) is 0 Å². The van der Waals surface area contributed by atoms with Crippen LogP contribution in [0.3, 0.4) is 0 Å². The summed E-state index contributed by atoms with van der Waals surface area (Å²) >= 11 is 0. The van der Waals surface area contributed by atoms with Gasteiger partial charge in [0.15, 0.2) is 11.5 Å². The van der Waals surface area contributed by atoms with E-state index in [1.54, 1.807) is 26.2 Å². The number of nitrogens with zero attached hydrogens (tertiary/aromatic N) is 1. The van der Waals surface area contributed by atoms with E-state index < -0.39 is 0 Å². The molecule has 1 unspecified atom stereocenters. The van der Waals surface area contributed by atoms with Crippen LogP contribution >= 0.6 is 0 Å². The Balaban J connectivity index is 2.01. The number of hydrogen-bond donors (Lipinski definition) is 1. The van der Waals surface area contributed by atoms with Crippen molar-refractivity contribution in [2.45, 2.75) is 31.8 Å². The fraction of sp³-hybridized carbons (Fsp3) is 0.562. The van der Waals surface area contributed by atoms with Gasteiger partial charge in [-0.1, -0.05) is 12.1 Å². The van der Waals surface area contributed by atoms with Gasteiger partial charge in [0.2, 0.25) is 5.91 Å². The second-order valence-electron chi connectivity index (χ2n) is 5.61. The first-order valence-electron chi connectivity index (χ1n) is 7.26. The Labute approximate surface area is 126 Å². The Kier molecular flexibility index (Phi) is 5.07. The van der Waals surface area contributed by atoms with Gasteiger partial charge < -0.3 is 20.1 Å². The lowest BCUT2D eigenvalue weighted by Crippen LogP contribution is -2.34. The van der Waals surface area contributed by atoms with Gasteiger partial charge in [-0.25, -0.2) is 0 Å². The summed E-state index contributed by atoms with van der Waals surface area (Å²) in [6.07, 6.45) is 2.72. The fourth-order valence-electron chi connectivity index (χ4n) is 2.47. The van der Waals surface area contributed by atoms with Crippen molar-refractivity contribution in [1.29, 1.82) is 0 Å². The molecular weight excluding hydrogens is 268 g/mol. The van der Waals surface area contributed by atoms with Crippen LogP contribution in [0.2, 0.25) is 0 Å². The zero-order valence-corrected chi connectivity index (χ0v) is 13.0. The van der Waals surface area contributed by atoms with Gasteiger partial charge in [0.25, 0.3) is 0 Å². The maximum absolute atomic E-state index is 12.2. The van der Waals surface area contributed by atoms with Crippen molar-refractivity contribution < 1.29 is 14.3 Å². The molecule has 21 heavy (non-hydrogen) atoms. The number of carbonyl (C=O) groups excluding carboxylic acids is 1. The summed E-state index contributed by atoms with van der Waals surface area (Å²) in [5.74, 6) is 1.95.